The lowest BCUT2D eigenvalue weighted by Gasteiger charge is -2.12. The van der Waals surface area contributed by atoms with E-state index in [1.54, 1.807) is 7.11 Å². The van der Waals surface area contributed by atoms with Crippen LogP contribution in [-0.2, 0) is 13.1 Å². The van der Waals surface area contributed by atoms with Gasteiger partial charge in [-0.25, -0.2) is 0 Å². The Kier molecular flexibility index (Phi) is 7.86. The van der Waals surface area contributed by atoms with E-state index >= 15 is 0 Å². The molecular formula is C34H33N2O3P. The van der Waals surface area contributed by atoms with Crippen molar-refractivity contribution in [2.45, 2.75) is 33.9 Å². The summed E-state index contributed by atoms with van der Waals surface area (Å²) in [4.78, 5) is 25.1. The third-order valence-corrected chi connectivity index (χ3v) is 8.00. The van der Waals surface area contributed by atoms with Crippen molar-refractivity contribution in [2.24, 2.45) is 0 Å². The van der Waals surface area contributed by atoms with E-state index in [2.05, 4.69) is 57.2 Å². The van der Waals surface area contributed by atoms with Gasteiger partial charge in [0.15, 0.2) is 5.52 Å². The molecule has 5 nitrogen and oxygen atoms in total. The number of aryl methyl sites for hydroxylation is 2. The van der Waals surface area contributed by atoms with Gasteiger partial charge in [0.1, 0.15) is 5.75 Å². The van der Waals surface area contributed by atoms with Gasteiger partial charge in [0.05, 0.1) is 7.11 Å². The van der Waals surface area contributed by atoms with Crippen molar-refractivity contribution in [2.75, 3.05) is 7.11 Å². The summed E-state index contributed by atoms with van der Waals surface area (Å²) in [7, 11) is 3.91. The lowest BCUT2D eigenvalue weighted by atomic mass is 9.99. The summed E-state index contributed by atoms with van der Waals surface area (Å²) >= 11 is 0. The molecule has 0 aliphatic rings. The van der Waals surface area contributed by atoms with Gasteiger partial charge in [0, 0.05) is 40.8 Å². The molecule has 1 unspecified atom stereocenters. The number of amides is 1. The Morgan fingerprint density at radius 1 is 0.900 bits per heavy atom. The Bertz CT molecular complexity index is 1730. The second-order valence-corrected chi connectivity index (χ2v) is 10.6. The molecule has 4 aromatic carbocycles. The third-order valence-electron chi connectivity index (χ3n) is 7.69. The van der Waals surface area contributed by atoms with Crippen LogP contribution in [0.5, 0.6) is 5.75 Å². The molecule has 1 heterocycles. The second kappa shape index (κ2) is 11.5. The molecule has 202 valence electrons. The number of rotatable bonds is 8. The Morgan fingerprint density at radius 2 is 1.65 bits per heavy atom. The van der Waals surface area contributed by atoms with Crippen molar-refractivity contribution in [3.05, 3.63) is 124 Å². The number of carbonyl (C=O) groups is 2. The van der Waals surface area contributed by atoms with E-state index in [-0.39, 0.29) is 11.4 Å². The third kappa shape index (κ3) is 5.43. The number of hydrogen-bond acceptors (Lipinski definition) is 3. The maximum Gasteiger partial charge on any atom is 0.251 e. The van der Waals surface area contributed by atoms with Gasteiger partial charge in [-0.3, -0.25) is 9.59 Å². The number of methoxy groups -OCH3 is 1. The minimum atomic E-state index is -0.0956. The summed E-state index contributed by atoms with van der Waals surface area (Å²) < 4.78 is 7.57. The van der Waals surface area contributed by atoms with Crippen molar-refractivity contribution < 1.29 is 14.3 Å². The number of hydrogen-bond donors (Lipinski definition) is 1. The van der Waals surface area contributed by atoms with Crippen LogP contribution in [0.2, 0.25) is 0 Å². The van der Waals surface area contributed by atoms with Crippen molar-refractivity contribution in [1.82, 2.24) is 9.88 Å². The molecule has 1 amide bonds. The molecule has 1 atom stereocenters. The molecule has 0 aliphatic heterocycles. The molecule has 1 aromatic heterocycles. The average molecular weight is 549 g/mol. The first-order valence-corrected chi connectivity index (χ1v) is 13.8. The second-order valence-electron chi connectivity index (χ2n) is 10.1. The summed E-state index contributed by atoms with van der Waals surface area (Å²) in [5.74, 6) is 0.712. The lowest BCUT2D eigenvalue weighted by molar-refractivity contribution is 0.0950. The number of carbonyl (C=O) groups excluding carboxylic acids is 2. The van der Waals surface area contributed by atoms with Gasteiger partial charge in [-0.1, -0.05) is 63.8 Å². The number of benzene rings is 4. The molecule has 5 aromatic rings. The van der Waals surface area contributed by atoms with Crippen LogP contribution in [0.15, 0.2) is 84.9 Å². The first-order chi connectivity index (χ1) is 19.3. The number of nitrogens with one attached hydrogen (secondary N) is 1. The summed E-state index contributed by atoms with van der Waals surface area (Å²) in [6.07, 6.45) is 0. The minimum absolute atomic E-state index is 0.0199. The van der Waals surface area contributed by atoms with Crippen molar-refractivity contribution in [3.8, 4) is 16.9 Å². The standard InChI is InChI=1S/C34H33N2O3P/c1-21-17-28(39-4)15-13-27(21)19-35-33(37)26-14-16-32-31(18-26)22(2)23(3)36(32)20-24-9-11-25(12-10-24)29-7-5-6-8-30(29)34(38)40/h5-18H,19-20,40H2,1-4H3,(H,35,37). The van der Waals surface area contributed by atoms with Crippen molar-refractivity contribution >= 4 is 31.6 Å². The van der Waals surface area contributed by atoms with Gasteiger partial charge in [-0.05, 0) is 84.5 Å². The van der Waals surface area contributed by atoms with Crippen molar-refractivity contribution in [1.29, 1.82) is 0 Å². The van der Waals surface area contributed by atoms with E-state index in [9.17, 15) is 9.59 Å². The predicted molar refractivity (Wildman–Crippen MR) is 165 cm³/mol. The van der Waals surface area contributed by atoms with Crippen molar-refractivity contribution in [3.63, 3.8) is 0 Å². The van der Waals surface area contributed by atoms with Crippen LogP contribution in [-0.4, -0.2) is 23.1 Å². The van der Waals surface area contributed by atoms with E-state index in [0.717, 1.165) is 44.5 Å². The zero-order chi connectivity index (χ0) is 28.4. The molecule has 0 bridgehead atoms. The van der Waals surface area contributed by atoms with Gasteiger partial charge in [-0.2, -0.15) is 0 Å². The van der Waals surface area contributed by atoms with Crippen LogP contribution in [0.25, 0.3) is 22.0 Å². The number of ether oxygens (including phenoxy) is 1. The van der Waals surface area contributed by atoms with E-state index in [0.29, 0.717) is 24.2 Å². The SMILES string of the molecule is COc1ccc(CNC(=O)c2ccc3c(c2)c(C)c(C)n3Cc2ccc(-c3ccccc3C(=O)P)cc2)c(C)c1. The highest BCUT2D eigenvalue weighted by molar-refractivity contribution is 7.41. The van der Waals surface area contributed by atoms with Crippen LogP contribution >= 0.6 is 9.24 Å². The van der Waals surface area contributed by atoms with Crippen LogP contribution in [0, 0.1) is 20.8 Å². The molecule has 0 fully saturated rings. The van der Waals surface area contributed by atoms with Crippen LogP contribution < -0.4 is 10.1 Å². The maximum atomic E-state index is 13.0. The van der Waals surface area contributed by atoms with E-state index in [4.69, 9.17) is 4.74 Å². The normalized spacial score (nSPS) is 11.0. The zero-order valence-corrected chi connectivity index (χ0v) is 24.4. The maximum absolute atomic E-state index is 13.0. The molecule has 0 saturated carbocycles. The highest BCUT2D eigenvalue weighted by atomic mass is 31.0. The van der Waals surface area contributed by atoms with E-state index < -0.39 is 0 Å². The number of aromatic nitrogens is 1. The highest BCUT2D eigenvalue weighted by Gasteiger charge is 2.15. The molecule has 40 heavy (non-hydrogen) atoms. The average Bonchev–Trinajstić information content (AvgIpc) is 3.20. The Hall–Kier alpha value is -4.21. The highest BCUT2D eigenvalue weighted by Crippen LogP contribution is 2.29. The zero-order valence-electron chi connectivity index (χ0n) is 23.2. The molecular weight excluding hydrogens is 515 g/mol. The van der Waals surface area contributed by atoms with Gasteiger partial charge in [-0.15, -0.1) is 0 Å². The van der Waals surface area contributed by atoms with E-state index in [1.807, 2.05) is 67.6 Å². The topological polar surface area (TPSA) is 60.3 Å². The summed E-state index contributed by atoms with van der Waals surface area (Å²) in [6.45, 7) is 7.41. The van der Waals surface area contributed by atoms with Gasteiger partial charge < -0.3 is 14.6 Å². The fourth-order valence-corrected chi connectivity index (χ4v) is 5.44. The molecule has 0 saturated heterocycles. The van der Waals surface area contributed by atoms with Crippen LogP contribution in [0.3, 0.4) is 0 Å². The molecule has 0 spiro atoms. The van der Waals surface area contributed by atoms with E-state index in [1.165, 1.54) is 11.3 Å². The first kappa shape index (κ1) is 27.4. The smallest absolute Gasteiger partial charge is 0.251 e. The fraction of sp³-hybridized carbons (Fsp3) is 0.176. The monoisotopic (exact) mass is 548 g/mol. The molecule has 0 radical (unpaired) electrons. The Labute approximate surface area is 237 Å². The minimum Gasteiger partial charge on any atom is -0.497 e. The van der Waals surface area contributed by atoms with Gasteiger partial charge in [0.2, 0.25) is 0 Å². The van der Waals surface area contributed by atoms with Gasteiger partial charge in [0.25, 0.3) is 5.91 Å². The Balaban J connectivity index is 1.35. The number of nitrogens with zero attached hydrogens (tertiary/aromatic N) is 1. The first-order valence-electron chi connectivity index (χ1n) is 13.3. The predicted octanol–water partition coefficient (Wildman–Crippen LogP) is 7.24. The molecule has 5 rings (SSSR count). The van der Waals surface area contributed by atoms with Crippen LogP contribution in [0.4, 0.5) is 0 Å². The fourth-order valence-electron chi connectivity index (χ4n) is 5.19. The van der Waals surface area contributed by atoms with Gasteiger partial charge >= 0.3 is 0 Å². The summed E-state index contributed by atoms with van der Waals surface area (Å²) in [5.41, 5.74) is 10.00. The molecule has 1 N–H and O–H groups in total. The molecule has 0 aliphatic carbocycles. The van der Waals surface area contributed by atoms with Crippen LogP contribution in [0.1, 0.15) is 48.7 Å². The largest absolute Gasteiger partial charge is 0.497 e. The lowest BCUT2D eigenvalue weighted by Crippen LogP contribution is -2.23. The number of fused-ring (bicyclic) bond motifs is 1. The molecule has 6 heteroatoms. The summed E-state index contributed by atoms with van der Waals surface area (Å²) in [6, 6.07) is 27.8. The quantitative estimate of drug-likeness (QED) is 0.208. The Morgan fingerprint density at radius 3 is 2.35 bits per heavy atom. The summed E-state index contributed by atoms with van der Waals surface area (Å²) in [5, 5.41) is 4.14.